The number of nitrogens with zero attached hydrogens (tertiary/aromatic N) is 1. The third-order valence-corrected chi connectivity index (χ3v) is 4.09. The van der Waals surface area contributed by atoms with Gasteiger partial charge in [0.2, 0.25) is 5.91 Å². The Bertz CT molecular complexity index is 666. The van der Waals surface area contributed by atoms with Crippen molar-refractivity contribution in [1.29, 1.82) is 0 Å². The first-order valence-electron chi connectivity index (χ1n) is 7.92. The Balaban J connectivity index is 1.74. The van der Waals surface area contributed by atoms with Gasteiger partial charge >= 0.3 is 0 Å². The van der Waals surface area contributed by atoms with Gasteiger partial charge in [-0.1, -0.05) is 48.5 Å². The molecule has 1 fully saturated rings. The number of carbonyl (C=O) groups is 2. The van der Waals surface area contributed by atoms with E-state index in [0.717, 1.165) is 25.1 Å². The first-order chi connectivity index (χ1) is 11.2. The summed E-state index contributed by atoms with van der Waals surface area (Å²) in [5.74, 6) is -0.204. The molecule has 0 spiro atoms. The summed E-state index contributed by atoms with van der Waals surface area (Å²) < 4.78 is 0. The number of nitrogens with one attached hydrogen (secondary N) is 1. The maximum absolute atomic E-state index is 12.6. The molecule has 0 radical (unpaired) electrons. The van der Waals surface area contributed by atoms with Gasteiger partial charge in [-0.3, -0.25) is 9.59 Å². The zero-order valence-electron chi connectivity index (χ0n) is 12.9. The summed E-state index contributed by atoms with van der Waals surface area (Å²) in [6, 6.07) is 18.3. The van der Waals surface area contributed by atoms with Crippen molar-refractivity contribution in [2.75, 3.05) is 13.1 Å². The molecule has 3 rings (SSSR count). The summed E-state index contributed by atoms with van der Waals surface area (Å²) in [4.78, 5) is 26.8. The molecular formula is C19H20N2O2. The molecule has 118 valence electrons. The average Bonchev–Trinajstić information content (AvgIpc) is 2.54. The van der Waals surface area contributed by atoms with E-state index in [1.54, 1.807) is 17.0 Å². The second-order valence-electron chi connectivity index (χ2n) is 5.76. The molecule has 0 aliphatic carbocycles. The minimum absolute atomic E-state index is 0.00406. The highest BCUT2D eigenvalue weighted by molar-refractivity contribution is 5.97. The van der Waals surface area contributed by atoms with E-state index in [1.807, 2.05) is 48.5 Å². The maximum atomic E-state index is 12.6. The van der Waals surface area contributed by atoms with Crippen LogP contribution in [0.2, 0.25) is 0 Å². The van der Waals surface area contributed by atoms with Gasteiger partial charge < -0.3 is 10.2 Å². The third-order valence-electron chi connectivity index (χ3n) is 4.09. The SMILES string of the molecule is O=C(N[C@H](Cc1ccccc1)C(=O)N1CCC1)c1ccccc1. The van der Waals surface area contributed by atoms with E-state index in [0.29, 0.717) is 12.0 Å². The maximum Gasteiger partial charge on any atom is 0.251 e. The van der Waals surface area contributed by atoms with Crippen LogP contribution in [0.15, 0.2) is 60.7 Å². The molecule has 4 heteroatoms. The van der Waals surface area contributed by atoms with Gasteiger partial charge in [-0.15, -0.1) is 0 Å². The fraction of sp³-hybridized carbons (Fsp3) is 0.263. The van der Waals surface area contributed by atoms with E-state index >= 15 is 0 Å². The summed E-state index contributed by atoms with van der Waals surface area (Å²) >= 11 is 0. The third kappa shape index (κ3) is 3.77. The van der Waals surface area contributed by atoms with E-state index < -0.39 is 6.04 Å². The molecule has 23 heavy (non-hydrogen) atoms. The van der Waals surface area contributed by atoms with Crippen LogP contribution >= 0.6 is 0 Å². The van der Waals surface area contributed by atoms with Crippen LogP contribution in [0.25, 0.3) is 0 Å². The Morgan fingerprint density at radius 3 is 2.13 bits per heavy atom. The lowest BCUT2D eigenvalue weighted by Crippen LogP contribution is -2.53. The Kier molecular flexibility index (Phi) is 4.71. The normalized spacial score (nSPS) is 14.7. The first kappa shape index (κ1) is 15.3. The second kappa shape index (κ2) is 7.09. The summed E-state index contributed by atoms with van der Waals surface area (Å²) in [6.07, 6.45) is 1.55. The molecule has 1 aliphatic rings. The fourth-order valence-electron chi connectivity index (χ4n) is 2.64. The van der Waals surface area contributed by atoms with Crippen molar-refractivity contribution in [2.45, 2.75) is 18.9 Å². The van der Waals surface area contributed by atoms with Gasteiger partial charge in [0.15, 0.2) is 0 Å². The topological polar surface area (TPSA) is 49.4 Å². The number of likely N-dealkylation sites (tertiary alicyclic amines) is 1. The number of hydrogen-bond acceptors (Lipinski definition) is 2. The number of rotatable bonds is 5. The quantitative estimate of drug-likeness (QED) is 0.921. The lowest BCUT2D eigenvalue weighted by atomic mass is 10.0. The molecule has 0 bridgehead atoms. The summed E-state index contributed by atoms with van der Waals surface area (Å²) in [5.41, 5.74) is 1.61. The van der Waals surface area contributed by atoms with Crippen molar-refractivity contribution in [1.82, 2.24) is 10.2 Å². The predicted octanol–water partition coefficient (Wildman–Crippen LogP) is 2.26. The van der Waals surface area contributed by atoms with E-state index in [-0.39, 0.29) is 11.8 Å². The molecule has 0 aromatic heterocycles. The van der Waals surface area contributed by atoms with Crippen LogP contribution in [0.1, 0.15) is 22.3 Å². The highest BCUT2D eigenvalue weighted by Gasteiger charge is 2.29. The molecule has 2 amide bonds. The zero-order chi connectivity index (χ0) is 16.1. The van der Waals surface area contributed by atoms with Crippen LogP contribution in [-0.4, -0.2) is 35.8 Å². The highest BCUT2D eigenvalue weighted by Crippen LogP contribution is 2.12. The molecule has 1 aliphatic heterocycles. The molecule has 1 N–H and O–H groups in total. The van der Waals surface area contributed by atoms with Crippen LogP contribution in [-0.2, 0) is 11.2 Å². The molecule has 2 aromatic carbocycles. The molecule has 4 nitrogen and oxygen atoms in total. The first-order valence-corrected chi connectivity index (χ1v) is 7.92. The average molecular weight is 308 g/mol. The van der Waals surface area contributed by atoms with Crippen molar-refractivity contribution < 1.29 is 9.59 Å². The number of hydrogen-bond donors (Lipinski definition) is 1. The molecule has 1 heterocycles. The van der Waals surface area contributed by atoms with Crippen molar-refractivity contribution in [3.8, 4) is 0 Å². The smallest absolute Gasteiger partial charge is 0.251 e. The standard InChI is InChI=1S/C19H20N2O2/c22-18(16-10-5-2-6-11-16)20-17(19(23)21-12-7-13-21)14-15-8-3-1-4-9-15/h1-6,8-11,17H,7,12-14H2,(H,20,22)/t17-/m1/s1. The largest absolute Gasteiger partial charge is 0.341 e. The van der Waals surface area contributed by atoms with Gasteiger partial charge in [-0.25, -0.2) is 0 Å². The summed E-state index contributed by atoms with van der Waals surface area (Å²) in [5, 5.41) is 2.90. The van der Waals surface area contributed by atoms with Gasteiger partial charge in [-0.05, 0) is 24.1 Å². The monoisotopic (exact) mass is 308 g/mol. The number of benzene rings is 2. The van der Waals surface area contributed by atoms with Crippen LogP contribution < -0.4 is 5.32 Å². The van der Waals surface area contributed by atoms with Gasteiger partial charge in [0.25, 0.3) is 5.91 Å². The van der Waals surface area contributed by atoms with E-state index in [2.05, 4.69) is 5.32 Å². The Morgan fingerprint density at radius 1 is 0.957 bits per heavy atom. The summed E-state index contributed by atoms with van der Waals surface area (Å²) in [6.45, 7) is 1.57. The Morgan fingerprint density at radius 2 is 1.57 bits per heavy atom. The summed E-state index contributed by atoms with van der Waals surface area (Å²) in [7, 11) is 0. The van der Waals surface area contributed by atoms with Crippen LogP contribution in [0, 0.1) is 0 Å². The van der Waals surface area contributed by atoms with E-state index in [4.69, 9.17) is 0 Å². The lowest BCUT2D eigenvalue weighted by molar-refractivity contribution is -0.136. The van der Waals surface area contributed by atoms with Crippen LogP contribution in [0.4, 0.5) is 0 Å². The molecule has 2 aromatic rings. The molecule has 1 saturated heterocycles. The van der Waals surface area contributed by atoms with Gasteiger partial charge in [0.1, 0.15) is 6.04 Å². The van der Waals surface area contributed by atoms with Crippen molar-refractivity contribution in [2.24, 2.45) is 0 Å². The molecule has 0 saturated carbocycles. The highest BCUT2D eigenvalue weighted by atomic mass is 16.2. The molecule has 1 atom stereocenters. The van der Waals surface area contributed by atoms with Crippen molar-refractivity contribution >= 4 is 11.8 Å². The molecule has 0 unspecified atom stereocenters. The lowest BCUT2D eigenvalue weighted by Gasteiger charge is -2.34. The van der Waals surface area contributed by atoms with Gasteiger partial charge in [-0.2, -0.15) is 0 Å². The molecular weight excluding hydrogens is 288 g/mol. The van der Waals surface area contributed by atoms with Gasteiger partial charge in [0, 0.05) is 25.1 Å². The zero-order valence-corrected chi connectivity index (χ0v) is 12.9. The minimum atomic E-state index is -0.523. The van der Waals surface area contributed by atoms with Crippen LogP contribution in [0.5, 0.6) is 0 Å². The fourth-order valence-corrected chi connectivity index (χ4v) is 2.64. The Labute approximate surface area is 136 Å². The number of carbonyl (C=O) groups excluding carboxylic acids is 2. The van der Waals surface area contributed by atoms with E-state index in [9.17, 15) is 9.59 Å². The van der Waals surface area contributed by atoms with Crippen molar-refractivity contribution in [3.05, 3.63) is 71.8 Å². The van der Waals surface area contributed by atoms with Gasteiger partial charge in [0.05, 0.1) is 0 Å². The van der Waals surface area contributed by atoms with Crippen LogP contribution in [0.3, 0.4) is 0 Å². The van der Waals surface area contributed by atoms with E-state index in [1.165, 1.54) is 0 Å². The number of amides is 2. The Hall–Kier alpha value is -2.62. The van der Waals surface area contributed by atoms with Crippen molar-refractivity contribution in [3.63, 3.8) is 0 Å². The second-order valence-corrected chi connectivity index (χ2v) is 5.76. The predicted molar refractivity (Wildman–Crippen MR) is 89.0 cm³/mol. The minimum Gasteiger partial charge on any atom is -0.341 e.